The molecular weight excluding hydrogens is 240 g/mol. The lowest BCUT2D eigenvalue weighted by Gasteiger charge is -2.35. The maximum atomic E-state index is 11.3. The van der Waals surface area contributed by atoms with Crippen molar-refractivity contribution in [2.24, 2.45) is 17.8 Å². The van der Waals surface area contributed by atoms with Crippen molar-refractivity contribution in [2.45, 2.75) is 51.0 Å². The van der Waals surface area contributed by atoms with Crippen molar-refractivity contribution in [3.8, 4) is 0 Å². The molecule has 0 saturated heterocycles. The van der Waals surface area contributed by atoms with E-state index in [0.717, 1.165) is 17.8 Å². The summed E-state index contributed by atoms with van der Waals surface area (Å²) < 4.78 is 11.3. The fourth-order valence-electron chi connectivity index (χ4n) is 4.73. The van der Waals surface area contributed by atoms with Crippen molar-refractivity contribution in [3.05, 3.63) is 12.2 Å². The van der Waals surface area contributed by atoms with Crippen molar-refractivity contribution in [3.63, 3.8) is 0 Å². The summed E-state index contributed by atoms with van der Waals surface area (Å²) in [5, 5.41) is 0. The van der Waals surface area contributed by atoms with Crippen LogP contribution in [0, 0.1) is 17.8 Å². The van der Waals surface area contributed by atoms with Crippen LogP contribution in [0.4, 0.5) is 0 Å². The third-order valence-corrected chi connectivity index (χ3v) is 5.45. The molecule has 3 fully saturated rings. The lowest BCUT2D eigenvalue weighted by atomic mass is 9.79. The smallest absolute Gasteiger partial charge is 0.333 e. The van der Waals surface area contributed by atoms with E-state index in [2.05, 4.69) is 6.58 Å². The van der Waals surface area contributed by atoms with Gasteiger partial charge in [0.2, 0.25) is 0 Å². The van der Waals surface area contributed by atoms with E-state index in [9.17, 15) is 4.79 Å². The van der Waals surface area contributed by atoms with Crippen LogP contribution in [0.25, 0.3) is 0 Å². The third-order valence-electron chi connectivity index (χ3n) is 5.45. The fraction of sp³-hybridized carbons (Fsp3) is 0.812. The Morgan fingerprint density at radius 2 is 2.16 bits per heavy atom. The van der Waals surface area contributed by atoms with Crippen LogP contribution in [-0.4, -0.2) is 24.8 Å². The second-order valence-electron chi connectivity index (χ2n) is 6.53. The number of rotatable bonds is 5. The second kappa shape index (κ2) is 4.93. The molecular formula is C16H24O3. The Hall–Kier alpha value is -0.830. The maximum absolute atomic E-state index is 11.3. The summed E-state index contributed by atoms with van der Waals surface area (Å²) in [6.07, 6.45) is 7.93. The highest BCUT2D eigenvalue weighted by atomic mass is 16.6. The Labute approximate surface area is 115 Å². The van der Waals surface area contributed by atoms with Gasteiger partial charge in [-0.05, 0) is 56.8 Å². The molecule has 0 aliphatic heterocycles. The molecule has 2 bridgehead atoms. The normalized spacial score (nSPS) is 39.3. The molecule has 106 valence electrons. The van der Waals surface area contributed by atoms with Crippen molar-refractivity contribution in [1.82, 2.24) is 0 Å². The molecule has 0 heterocycles. The van der Waals surface area contributed by atoms with Gasteiger partial charge in [0.25, 0.3) is 0 Å². The van der Waals surface area contributed by atoms with Crippen LogP contribution < -0.4 is 0 Å². The van der Waals surface area contributed by atoms with Crippen molar-refractivity contribution in [1.29, 1.82) is 0 Å². The van der Waals surface area contributed by atoms with E-state index in [1.54, 1.807) is 6.92 Å². The minimum atomic E-state index is -0.310. The highest BCUT2D eigenvalue weighted by molar-refractivity contribution is 5.86. The highest BCUT2D eigenvalue weighted by Gasteiger charge is 2.59. The van der Waals surface area contributed by atoms with Crippen LogP contribution in [0.3, 0.4) is 0 Å². The van der Waals surface area contributed by atoms with Gasteiger partial charge in [-0.1, -0.05) is 13.0 Å². The first-order chi connectivity index (χ1) is 9.12. The van der Waals surface area contributed by atoms with Crippen LogP contribution in [0.15, 0.2) is 12.2 Å². The molecule has 3 aliphatic rings. The van der Waals surface area contributed by atoms with Gasteiger partial charge < -0.3 is 9.47 Å². The zero-order chi connectivity index (χ0) is 13.5. The average molecular weight is 264 g/mol. The van der Waals surface area contributed by atoms with E-state index in [4.69, 9.17) is 9.47 Å². The molecule has 0 radical (unpaired) electrons. The van der Waals surface area contributed by atoms with Gasteiger partial charge in [0.1, 0.15) is 6.61 Å². The van der Waals surface area contributed by atoms with Gasteiger partial charge >= 0.3 is 5.97 Å². The lowest BCUT2D eigenvalue weighted by molar-refractivity contribution is -0.144. The van der Waals surface area contributed by atoms with Gasteiger partial charge in [0.05, 0.1) is 12.2 Å². The molecule has 0 N–H and O–H groups in total. The number of ether oxygens (including phenoxy) is 2. The van der Waals surface area contributed by atoms with E-state index in [0.29, 0.717) is 18.8 Å². The summed E-state index contributed by atoms with van der Waals surface area (Å²) in [6, 6.07) is 0. The molecule has 0 aromatic rings. The molecule has 3 saturated carbocycles. The third kappa shape index (κ3) is 2.22. The van der Waals surface area contributed by atoms with E-state index in [1.807, 2.05) is 0 Å². The summed E-state index contributed by atoms with van der Waals surface area (Å²) in [6.45, 7) is 6.14. The molecule has 3 rings (SSSR count). The Balaban J connectivity index is 1.50. The van der Waals surface area contributed by atoms with Crippen LogP contribution in [0.2, 0.25) is 0 Å². The maximum Gasteiger partial charge on any atom is 0.333 e. The van der Waals surface area contributed by atoms with Crippen molar-refractivity contribution < 1.29 is 14.3 Å². The van der Waals surface area contributed by atoms with Gasteiger partial charge in [-0.3, -0.25) is 0 Å². The van der Waals surface area contributed by atoms with E-state index in [1.165, 1.54) is 38.5 Å². The Morgan fingerprint density at radius 1 is 1.32 bits per heavy atom. The van der Waals surface area contributed by atoms with Gasteiger partial charge in [-0.15, -0.1) is 0 Å². The van der Waals surface area contributed by atoms with E-state index < -0.39 is 0 Å². The largest absolute Gasteiger partial charge is 0.460 e. The summed E-state index contributed by atoms with van der Waals surface area (Å²) >= 11 is 0. The molecule has 3 aliphatic carbocycles. The van der Waals surface area contributed by atoms with Crippen LogP contribution >= 0.6 is 0 Å². The Bertz CT molecular complexity index is 389. The van der Waals surface area contributed by atoms with Crippen molar-refractivity contribution >= 4 is 5.97 Å². The molecule has 3 heteroatoms. The summed E-state index contributed by atoms with van der Waals surface area (Å²) in [7, 11) is 0. The van der Waals surface area contributed by atoms with E-state index in [-0.39, 0.29) is 11.6 Å². The standard InChI is InChI=1S/C16H24O3/c1-11(2)15(17)18-8-9-19-16-7-6-12(10-16)13-4-3-5-14(13)16/h12-14H,1,3-10H2,2H3. The Kier molecular flexibility index (Phi) is 3.42. The quantitative estimate of drug-likeness (QED) is 0.435. The topological polar surface area (TPSA) is 35.5 Å². The molecule has 0 aromatic carbocycles. The monoisotopic (exact) mass is 264 g/mol. The number of esters is 1. The molecule has 0 aromatic heterocycles. The predicted molar refractivity (Wildman–Crippen MR) is 72.6 cm³/mol. The number of carbonyl (C=O) groups excluding carboxylic acids is 1. The first-order valence-corrected chi connectivity index (χ1v) is 7.59. The highest BCUT2D eigenvalue weighted by Crippen LogP contribution is 2.62. The van der Waals surface area contributed by atoms with Crippen molar-refractivity contribution in [2.75, 3.05) is 13.2 Å². The Morgan fingerprint density at radius 3 is 2.95 bits per heavy atom. The van der Waals surface area contributed by atoms with Gasteiger partial charge in [-0.25, -0.2) is 4.79 Å². The van der Waals surface area contributed by atoms with Crippen LogP contribution in [-0.2, 0) is 14.3 Å². The molecule has 3 nitrogen and oxygen atoms in total. The zero-order valence-electron chi connectivity index (χ0n) is 11.8. The molecule has 4 atom stereocenters. The summed E-state index contributed by atoms with van der Waals surface area (Å²) in [4.78, 5) is 11.3. The first-order valence-electron chi connectivity index (χ1n) is 7.59. The van der Waals surface area contributed by atoms with Crippen LogP contribution in [0.1, 0.15) is 45.4 Å². The number of hydrogen-bond donors (Lipinski definition) is 0. The second-order valence-corrected chi connectivity index (χ2v) is 6.53. The van der Waals surface area contributed by atoms with E-state index >= 15 is 0 Å². The zero-order valence-corrected chi connectivity index (χ0v) is 11.8. The fourth-order valence-corrected chi connectivity index (χ4v) is 4.73. The number of carbonyl (C=O) groups is 1. The molecule has 0 amide bonds. The van der Waals surface area contributed by atoms with Gasteiger partial charge in [0.15, 0.2) is 0 Å². The molecule has 19 heavy (non-hydrogen) atoms. The van der Waals surface area contributed by atoms with Gasteiger partial charge in [-0.2, -0.15) is 0 Å². The number of fused-ring (bicyclic) bond motifs is 5. The minimum absolute atomic E-state index is 0.126. The number of hydrogen-bond acceptors (Lipinski definition) is 3. The van der Waals surface area contributed by atoms with Gasteiger partial charge in [0, 0.05) is 5.57 Å². The summed E-state index contributed by atoms with van der Waals surface area (Å²) in [5.74, 6) is 2.30. The van der Waals surface area contributed by atoms with Crippen LogP contribution in [0.5, 0.6) is 0 Å². The SMILES string of the molecule is C=C(C)C(=O)OCCOC12CCC(C1)C1CCCC12. The minimum Gasteiger partial charge on any atom is -0.460 e. The molecule has 0 spiro atoms. The first kappa shape index (κ1) is 13.2. The average Bonchev–Trinajstić information content (AvgIpc) is 3.05. The predicted octanol–water partition coefficient (Wildman–Crippen LogP) is 3.09. The molecule has 4 unspecified atom stereocenters. The summed E-state index contributed by atoms with van der Waals surface area (Å²) in [5.41, 5.74) is 0.581. The lowest BCUT2D eigenvalue weighted by Crippen LogP contribution is -2.38.